The van der Waals surface area contributed by atoms with Crippen LogP contribution < -0.4 is 14.5 Å². The molecule has 3 rings (SSSR count). The SMILES string of the molecule is COc1ccc(S(=O)(=O)N(CC(=O)N/N=C\c2cc(Br)c(C)o2)c2ccc(C)cc2)cc1Br. The molecule has 33 heavy (non-hydrogen) atoms. The van der Waals surface area contributed by atoms with Gasteiger partial charge in [0.15, 0.2) is 0 Å². The molecule has 0 aliphatic heterocycles. The molecule has 0 saturated heterocycles. The number of halogens is 2. The van der Waals surface area contributed by atoms with E-state index in [1.165, 1.54) is 31.5 Å². The third kappa shape index (κ3) is 6.04. The molecule has 0 aliphatic carbocycles. The number of aryl methyl sites for hydroxylation is 2. The van der Waals surface area contributed by atoms with E-state index in [2.05, 4.69) is 42.4 Å². The molecule has 0 unspecified atom stereocenters. The smallest absolute Gasteiger partial charge is 0.264 e. The predicted molar refractivity (Wildman–Crippen MR) is 133 cm³/mol. The highest BCUT2D eigenvalue weighted by molar-refractivity contribution is 9.10. The summed E-state index contributed by atoms with van der Waals surface area (Å²) in [4.78, 5) is 12.6. The number of hydrogen-bond donors (Lipinski definition) is 1. The van der Waals surface area contributed by atoms with Crippen molar-refractivity contribution in [1.82, 2.24) is 5.43 Å². The Morgan fingerprint density at radius 3 is 2.39 bits per heavy atom. The highest BCUT2D eigenvalue weighted by Gasteiger charge is 2.28. The number of methoxy groups -OCH3 is 1. The summed E-state index contributed by atoms with van der Waals surface area (Å²) in [7, 11) is -2.59. The van der Waals surface area contributed by atoms with Crippen molar-refractivity contribution in [3.8, 4) is 5.75 Å². The minimum absolute atomic E-state index is 0.00274. The maximum atomic E-state index is 13.5. The quantitative estimate of drug-likeness (QED) is 0.297. The molecule has 1 heterocycles. The van der Waals surface area contributed by atoms with Gasteiger partial charge in [0, 0.05) is 6.07 Å². The van der Waals surface area contributed by atoms with Gasteiger partial charge in [0.2, 0.25) is 0 Å². The number of hydrogen-bond acceptors (Lipinski definition) is 6. The molecule has 8 nitrogen and oxygen atoms in total. The Bertz CT molecular complexity index is 1270. The highest BCUT2D eigenvalue weighted by atomic mass is 79.9. The van der Waals surface area contributed by atoms with E-state index in [9.17, 15) is 13.2 Å². The first kappa shape index (κ1) is 25.0. The van der Waals surface area contributed by atoms with Crippen LogP contribution in [0, 0.1) is 13.8 Å². The normalized spacial score (nSPS) is 11.5. The predicted octanol–water partition coefficient (Wildman–Crippen LogP) is 4.78. The molecular formula is C22H21Br2N3O5S. The van der Waals surface area contributed by atoms with E-state index < -0.39 is 22.5 Å². The minimum atomic E-state index is -4.08. The first-order valence-electron chi connectivity index (χ1n) is 9.62. The number of hydrazone groups is 1. The van der Waals surface area contributed by atoms with Crippen LogP contribution in [0.2, 0.25) is 0 Å². The van der Waals surface area contributed by atoms with Gasteiger partial charge in [-0.15, -0.1) is 0 Å². The Morgan fingerprint density at radius 2 is 1.82 bits per heavy atom. The number of nitrogens with zero attached hydrogens (tertiary/aromatic N) is 2. The molecule has 0 saturated carbocycles. The Hall–Kier alpha value is -2.63. The number of anilines is 1. The number of rotatable bonds is 8. The number of furan rings is 1. The Kier molecular flexibility index (Phi) is 7.98. The topological polar surface area (TPSA) is 101 Å². The summed E-state index contributed by atoms with van der Waals surface area (Å²) in [6, 6.07) is 12.9. The van der Waals surface area contributed by atoms with Crippen LogP contribution in [0.4, 0.5) is 5.69 Å². The number of carbonyl (C=O) groups is 1. The van der Waals surface area contributed by atoms with E-state index in [0.29, 0.717) is 27.4 Å². The van der Waals surface area contributed by atoms with Crippen LogP contribution in [0.1, 0.15) is 17.1 Å². The lowest BCUT2D eigenvalue weighted by Crippen LogP contribution is -2.39. The van der Waals surface area contributed by atoms with Crippen LogP contribution in [0.25, 0.3) is 0 Å². The molecule has 174 valence electrons. The van der Waals surface area contributed by atoms with Crippen molar-refractivity contribution < 1.29 is 22.4 Å². The van der Waals surface area contributed by atoms with Crippen LogP contribution in [0.5, 0.6) is 5.75 Å². The molecule has 2 aromatic carbocycles. The van der Waals surface area contributed by atoms with Gasteiger partial charge in [-0.25, -0.2) is 13.8 Å². The number of carbonyl (C=O) groups excluding carboxylic acids is 1. The van der Waals surface area contributed by atoms with Crippen LogP contribution in [-0.2, 0) is 14.8 Å². The van der Waals surface area contributed by atoms with Crippen molar-refractivity contribution in [3.63, 3.8) is 0 Å². The summed E-state index contributed by atoms with van der Waals surface area (Å²) in [5, 5.41) is 3.86. The van der Waals surface area contributed by atoms with Crippen molar-refractivity contribution in [1.29, 1.82) is 0 Å². The van der Waals surface area contributed by atoms with Crippen molar-refractivity contribution in [2.75, 3.05) is 18.0 Å². The lowest BCUT2D eigenvalue weighted by molar-refractivity contribution is -0.119. The number of benzene rings is 2. The summed E-state index contributed by atoms with van der Waals surface area (Å²) in [5.74, 6) is 0.976. The van der Waals surface area contributed by atoms with Crippen LogP contribution >= 0.6 is 31.9 Å². The summed E-state index contributed by atoms with van der Waals surface area (Å²) < 4.78 is 39.8. The maximum Gasteiger partial charge on any atom is 0.264 e. The summed E-state index contributed by atoms with van der Waals surface area (Å²) in [6.07, 6.45) is 1.33. The zero-order valence-corrected chi connectivity index (χ0v) is 22.0. The minimum Gasteiger partial charge on any atom is -0.496 e. The van der Waals surface area contributed by atoms with Gasteiger partial charge in [-0.1, -0.05) is 17.7 Å². The first-order chi connectivity index (χ1) is 15.6. The zero-order valence-electron chi connectivity index (χ0n) is 18.0. The third-order valence-electron chi connectivity index (χ3n) is 4.58. The number of ether oxygens (including phenoxy) is 1. The molecule has 1 N–H and O–H groups in total. The second kappa shape index (κ2) is 10.5. The largest absolute Gasteiger partial charge is 0.496 e. The van der Waals surface area contributed by atoms with E-state index >= 15 is 0 Å². The molecule has 0 fully saturated rings. The molecule has 1 aromatic heterocycles. The van der Waals surface area contributed by atoms with Crippen molar-refractivity contribution in [2.45, 2.75) is 18.7 Å². The van der Waals surface area contributed by atoms with E-state index in [-0.39, 0.29) is 4.90 Å². The first-order valence-corrected chi connectivity index (χ1v) is 12.6. The number of amides is 1. The average molecular weight is 599 g/mol. The van der Waals surface area contributed by atoms with Gasteiger partial charge in [0.1, 0.15) is 23.8 Å². The van der Waals surface area contributed by atoms with Gasteiger partial charge in [0.05, 0.1) is 32.9 Å². The van der Waals surface area contributed by atoms with Crippen LogP contribution in [-0.4, -0.2) is 34.2 Å². The van der Waals surface area contributed by atoms with Gasteiger partial charge in [-0.2, -0.15) is 5.10 Å². The van der Waals surface area contributed by atoms with Crippen LogP contribution in [0.15, 0.2) is 71.9 Å². The lowest BCUT2D eigenvalue weighted by atomic mass is 10.2. The van der Waals surface area contributed by atoms with E-state index in [4.69, 9.17) is 9.15 Å². The second-order valence-corrected chi connectivity index (χ2v) is 10.6. The third-order valence-corrected chi connectivity index (χ3v) is 7.75. The van der Waals surface area contributed by atoms with E-state index in [1.54, 1.807) is 37.3 Å². The van der Waals surface area contributed by atoms with Gasteiger partial charge in [0.25, 0.3) is 15.9 Å². The maximum absolute atomic E-state index is 13.5. The van der Waals surface area contributed by atoms with E-state index in [1.807, 2.05) is 6.92 Å². The molecule has 0 bridgehead atoms. The molecule has 11 heteroatoms. The van der Waals surface area contributed by atoms with Crippen LogP contribution in [0.3, 0.4) is 0 Å². The zero-order chi connectivity index (χ0) is 24.2. The monoisotopic (exact) mass is 597 g/mol. The van der Waals surface area contributed by atoms with Crippen molar-refractivity contribution in [3.05, 3.63) is 74.6 Å². The molecule has 0 atom stereocenters. The molecule has 0 spiro atoms. The lowest BCUT2D eigenvalue weighted by Gasteiger charge is -2.24. The van der Waals surface area contributed by atoms with Gasteiger partial charge in [-0.3, -0.25) is 9.10 Å². The fourth-order valence-corrected chi connectivity index (χ4v) is 5.29. The molecule has 3 aromatic rings. The van der Waals surface area contributed by atoms with Gasteiger partial charge >= 0.3 is 0 Å². The fraction of sp³-hybridized carbons (Fsp3) is 0.182. The summed E-state index contributed by atoms with van der Waals surface area (Å²) in [6.45, 7) is 3.19. The fourth-order valence-electron chi connectivity index (χ4n) is 2.84. The van der Waals surface area contributed by atoms with Gasteiger partial charge in [-0.05, 0) is 76.0 Å². The molecule has 0 aliphatic rings. The summed E-state index contributed by atoms with van der Waals surface area (Å²) >= 11 is 6.64. The Labute approximate surface area is 208 Å². The molecular weight excluding hydrogens is 578 g/mol. The summed E-state index contributed by atoms with van der Waals surface area (Å²) in [5.41, 5.74) is 3.64. The van der Waals surface area contributed by atoms with Crippen molar-refractivity contribution in [2.24, 2.45) is 5.10 Å². The second-order valence-electron chi connectivity index (χ2n) is 6.99. The molecule has 1 amide bonds. The number of nitrogens with one attached hydrogen (secondary N) is 1. The van der Waals surface area contributed by atoms with Gasteiger partial charge < -0.3 is 9.15 Å². The Morgan fingerprint density at radius 1 is 1.12 bits per heavy atom. The Balaban J connectivity index is 1.87. The molecule has 0 radical (unpaired) electrons. The van der Waals surface area contributed by atoms with E-state index in [0.717, 1.165) is 14.3 Å². The number of sulfonamides is 1. The average Bonchev–Trinajstić information content (AvgIpc) is 3.09. The van der Waals surface area contributed by atoms with Crippen molar-refractivity contribution >= 4 is 59.7 Å². The highest BCUT2D eigenvalue weighted by Crippen LogP contribution is 2.30. The standard InChI is InChI=1S/C22H21Br2N3O5S/c1-14-4-6-16(7-5-14)27(33(29,30)18-8-9-21(31-3)20(24)11-18)13-22(28)26-25-12-17-10-19(23)15(2)32-17/h4-12H,13H2,1-3H3,(H,26,28)/b25-12-.